The average molecular weight is 132 g/mol. The van der Waals surface area contributed by atoms with Gasteiger partial charge in [-0.2, -0.15) is 0 Å². The minimum absolute atomic E-state index is 0.336. The van der Waals surface area contributed by atoms with Crippen molar-refractivity contribution in [1.82, 2.24) is 0 Å². The second kappa shape index (κ2) is 2.82. The molecule has 0 aromatic carbocycles. The third kappa shape index (κ3) is 3.08. The molecule has 3 nitrogen and oxygen atoms in total. The molecule has 0 aliphatic carbocycles. The van der Waals surface area contributed by atoms with Gasteiger partial charge >= 0.3 is 0 Å². The summed E-state index contributed by atoms with van der Waals surface area (Å²) >= 11 is 0. The molecule has 0 heterocycles. The van der Waals surface area contributed by atoms with Crippen LogP contribution in [0.5, 0.6) is 0 Å². The van der Waals surface area contributed by atoms with E-state index in [1.54, 1.807) is 20.8 Å². The standard InChI is InChI=1S/C6H12O3/c1-5(9-4-7)6(2,3)8/h4-5,8H,1-3H3. The van der Waals surface area contributed by atoms with E-state index in [-0.39, 0.29) is 0 Å². The van der Waals surface area contributed by atoms with Crippen molar-refractivity contribution in [2.24, 2.45) is 0 Å². The van der Waals surface area contributed by atoms with Gasteiger partial charge in [-0.3, -0.25) is 4.79 Å². The molecule has 0 saturated carbocycles. The van der Waals surface area contributed by atoms with Crippen LogP contribution in [0.2, 0.25) is 0 Å². The Kier molecular flexibility index (Phi) is 2.65. The maximum atomic E-state index is 9.73. The first-order chi connectivity index (χ1) is 3.98. The van der Waals surface area contributed by atoms with Gasteiger partial charge in [0.1, 0.15) is 6.10 Å². The van der Waals surface area contributed by atoms with Crippen molar-refractivity contribution in [3.8, 4) is 0 Å². The first-order valence-corrected chi connectivity index (χ1v) is 2.80. The minimum atomic E-state index is -0.944. The lowest BCUT2D eigenvalue weighted by molar-refractivity contribution is -0.144. The van der Waals surface area contributed by atoms with Gasteiger partial charge in [0, 0.05) is 0 Å². The van der Waals surface area contributed by atoms with Gasteiger partial charge in [-0.1, -0.05) is 0 Å². The molecule has 1 atom stereocenters. The number of aliphatic hydroxyl groups is 1. The molecule has 0 aliphatic rings. The number of ether oxygens (including phenoxy) is 1. The zero-order chi connectivity index (χ0) is 7.49. The smallest absolute Gasteiger partial charge is 0.293 e. The molecular formula is C6H12O3. The minimum Gasteiger partial charge on any atom is -0.462 e. The molecule has 0 aromatic heterocycles. The van der Waals surface area contributed by atoms with Crippen molar-refractivity contribution < 1.29 is 14.6 Å². The van der Waals surface area contributed by atoms with Crippen molar-refractivity contribution >= 4 is 6.47 Å². The van der Waals surface area contributed by atoms with Crippen LogP contribution in [0.4, 0.5) is 0 Å². The molecule has 0 amide bonds. The third-order valence-corrected chi connectivity index (χ3v) is 1.25. The summed E-state index contributed by atoms with van der Waals surface area (Å²) in [5.41, 5.74) is -0.944. The Bertz CT molecular complexity index is 93.0. The highest BCUT2D eigenvalue weighted by atomic mass is 16.5. The maximum Gasteiger partial charge on any atom is 0.293 e. The van der Waals surface area contributed by atoms with Crippen LogP contribution in [0.25, 0.3) is 0 Å². The van der Waals surface area contributed by atoms with Crippen LogP contribution in [0.1, 0.15) is 20.8 Å². The topological polar surface area (TPSA) is 46.5 Å². The number of carbonyl (C=O) groups is 1. The van der Waals surface area contributed by atoms with E-state index in [4.69, 9.17) is 5.11 Å². The largest absolute Gasteiger partial charge is 0.462 e. The highest BCUT2D eigenvalue weighted by Crippen LogP contribution is 2.09. The molecular weight excluding hydrogens is 120 g/mol. The summed E-state index contributed by atoms with van der Waals surface area (Å²) in [7, 11) is 0. The summed E-state index contributed by atoms with van der Waals surface area (Å²) < 4.78 is 4.48. The molecule has 0 aliphatic heterocycles. The Morgan fingerprint density at radius 1 is 1.67 bits per heavy atom. The maximum absolute atomic E-state index is 9.73. The van der Waals surface area contributed by atoms with Gasteiger partial charge < -0.3 is 9.84 Å². The van der Waals surface area contributed by atoms with Gasteiger partial charge in [-0.05, 0) is 20.8 Å². The molecule has 1 unspecified atom stereocenters. The monoisotopic (exact) mass is 132 g/mol. The van der Waals surface area contributed by atoms with Crippen LogP contribution in [-0.4, -0.2) is 23.3 Å². The fourth-order valence-electron chi connectivity index (χ4n) is 0.250. The molecule has 0 aromatic rings. The average Bonchev–Trinajstić information content (AvgIpc) is 1.64. The van der Waals surface area contributed by atoms with Gasteiger partial charge in [0.15, 0.2) is 0 Å². The summed E-state index contributed by atoms with van der Waals surface area (Å²) in [5.74, 6) is 0. The SMILES string of the molecule is CC(OC=O)C(C)(C)O. The van der Waals surface area contributed by atoms with Crippen LogP contribution in [0.3, 0.4) is 0 Å². The van der Waals surface area contributed by atoms with Crippen molar-refractivity contribution in [2.75, 3.05) is 0 Å². The van der Waals surface area contributed by atoms with E-state index >= 15 is 0 Å². The van der Waals surface area contributed by atoms with E-state index in [1.165, 1.54) is 0 Å². The Hall–Kier alpha value is -0.570. The van der Waals surface area contributed by atoms with E-state index in [9.17, 15) is 4.79 Å². The Morgan fingerprint density at radius 3 is 2.22 bits per heavy atom. The lowest BCUT2D eigenvalue weighted by atomic mass is 10.0. The first-order valence-electron chi connectivity index (χ1n) is 2.80. The number of hydrogen-bond donors (Lipinski definition) is 1. The zero-order valence-electron chi connectivity index (χ0n) is 5.92. The molecule has 0 rings (SSSR count). The molecule has 0 fully saturated rings. The number of carbonyl (C=O) groups excluding carboxylic acids is 1. The number of rotatable bonds is 3. The van der Waals surface area contributed by atoms with E-state index in [1.807, 2.05) is 0 Å². The predicted molar refractivity (Wildman–Crippen MR) is 32.9 cm³/mol. The Balaban J connectivity index is 3.72. The highest BCUT2D eigenvalue weighted by molar-refractivity contribution is 5.37. The number of hydrogen-bond acceptors (Lipinski definition) is 3. The zero-order valence-corrected chi connectivity index (χ0v) is 5.92. The summed E-state index contributed by atoms with van der Waals surface area (Å²) in [4.78, 5) is 9.73. The fourth-order valence-corrected chi connectivity index (χ4v) is 0.250. The van der Waals surface area contributed by atoms with Crippen LogP contribution < -0.4 is 0 Å². The predicted octanol–water partition coefficient (Wildman–Crippen LogP) is 0.319. The fraction of sp³-hybridized carbons (Fsp3) is 0.833. The summed E-state index contributed by atoms with van der Waals surface area (Å²) in [6, 6.07) is 0. The van der Waals surface area contributed by atoms with Crippen molar-refractivity contribution in [2.45, 2.75) is 32.5 Å². The molecule has 0 bridgehead atoms. The third-order valence-electron chi connectivity index (χ3n) is 1.25. The molecule has 3 heteroatoms. The highest BCUT2D eigenvalue weighted by Gasteiger charge is 2.22. The summed E-state index contributed by atoms with van der Waals surface area (Å²) in [6.45, 7) is 5.14. The van der Waals surface area contributed by atoms with Crippen molar-refractivity contribution in [1.29, 1.82) is 0 Å². The normalized spacial score (nSPS) is 14.7. The Labute approximate surface area is 54.6 Å². The molecule has 9 heavy (non-hydrogen) atoms. The Morgan fingerprint density at radius 2 is 2.11 bits per heavy atom. The molecule has 0 saturated heterocycles. The van der Waals surface area contributed by atoms with Crippen LogP contribution in [-0.2, 0) is 9.53 Å². The lowest BCUT2D eigenvalue weighted by Crippen LogP contribution is -2.35. The van der Waals surface area contributed by atoms with Crippen molar-refractivity contribution in [3.05, 3.63) is 0 Å². The van der Waals surface area contributed by atoms with E-state index in [2.05, 4.69) is 4.74 Å². The van der Waals surface area contributed by atoms with E-state index in [0.29, 0.717) is 6.47 Å². The van der Waals surface area contributed by atoms with Crippen molar-refractivity contribution in [3.63, 3.8) is 0 Å². The second-order valence-corrected chi connectivity index (χ2v) is 2.53. The summed E-state index contributed by atoms with van der Waals surface area (Å²) in [5, 5.41) is 9.13. The molecule has 0 spiro atoms. The first kappa shape index (κ1) is 8.43. The van der Waals surface area contributed by atoms with Gasteiger partial charge in [-0.25, -0.2) is 0 Å². The quantitative estimate of drug-likeness (QED) is 0.562. The molecule has 54 valence electrons. The van der Waals surface area contributed by atoms with Gasteiger partial charge in [0.25, 0.3) is 6.47 Å². The second-order valence-electron chi connectivity index (χ2n) is 2.53. The summed E-state index contributed by atoms with van der Waals surface area (Å²) in [6.07, 6.45) is -0.449. The van der Waals surface area contributed by atoms with Gasteiger partial charge in [0.05, 0.1) is 5.60 Å². The lowest BCUT2D eigenvalue weighted by Gasteiger charge is -2.23. The van der Waals surface area contributed by atoms with Crippen LogP contribution >= 0.6 is 0 Å². The van der Waals surface area contributed by atoms with Crippen LogP contribution in [0.15, 0.2) is 0 Å². The van der Waals surface area contributed by atoms with Gasteiger partial charge in [0.2, 0.25) is 0 Å². The van der Waals surface area contributed by atoms with Crippen LogP contribution in [0, 0.1) is 0 Å². The molecule has 0 radical (unpaired) electrons. The van der Waals surface area contributed by atoms with Gasteiger partial charge in [-0.15, -0.1) is 0 Å². The van der Waals surface area contributed by atoms with E-state index < -0.39 is 11.7 Å². The van der Waals surface area contributed by atoms with E-state index in [0.717, 1.165) is 0 Å². The molecule has 1 N–H and O–H groups in total.